The van der Waals surface area contributed by atoms with Gasteiger partial charge in [-0.3, -0.25) is 9.36 Å². The van der Waals surface area contributed by atoms with Gasteiger partial charge < -0.3 is 4.74 Å². The molecule has 1 atom stereocenters. The highest BCUT2D eigenvalue weighted by Crippen LogP contribution is 2.36. The van der Waals surface area contributed by atoms with Crippen LogP contribution < -0.4 is 5.56 Å². The summed E-state index contributed by atoms with van der Waals surface area (Å²) in [5.41, 5.74) is 0.713. The summed E-state index contributed by atoms with van der Waals surface area (Å²) < 4.78 is 7.36. The van der Waals surface area contributed by atoms with Crippen LogP contribution in [0, 0.1) is 0 Å². The molecule has 5 heteroatoms. The fraction of sp³-hybridized carbons (Fsp3) is 0.500. The molecule has 2 aromatic rings. The third kappa shape index (κ3) is 2.58. The third-order valence-corrected chi connectivity index (χ3v) is 4.22. The zero-order chi connectivity index (χ0) is 15.0. The molecule has 0 amide bonds. The number of fused-ring (bicyclic) bond motifs is 1. The van der Waals surface area contributed by atoms with Gasteiger partial charge in [-0.1, -0.05) is 12.1 Å². The smallest absolute Gasteiger partial charge is 0.261 e. The van der Waals surface area contributed by atoms with Crippen molar-refractivity contribution in [2.75, 3.05) is 6.61 Å². The average molecular weight is 307 g/mol. The van der Waals surface area contributed by atoms with Gasteiger partial charge in [-0.15, -0.1) is 11.6 Å². The van der Waals surface area contributed by atoms with Crippen molar-refractivity contribution < 1.29 is 4.74 Å². The molecular weight excluding hydrogens is 288 g/mol. The Morgan fingerprint density at radius 2 is 2.14 bits per heavy atom. The molecule has 0 N–H and O–H groups in total. The second-order valence-electron chi connectivity index (χ2n) is 5.48. The van der Waals surface area contributed by atoms with E-state index < -0.39 is 0 Å². The van der Waals surface area contributed by atoms with Crippen molar-refractivity contribution in [3.8, 4) is 0 Å². The van der Waals surface area contributed by atoms with Gasteiger partial charge in [0.2, 0.25) is 0 Å². The van der Waals surface area contributed by atoms with Gasteiger partial charge in [-0.05, 0) is 38.8 Å². The maximum Gasteiger partial charge on any atom is 0.261 e. The van der Waals surface area contributed by atoms with Crippen LogP contribution in [0.25, 0.3) is 10.9 Å². The molecule has 0 spiro atoms. The molecule has 1 heterocycles. The number of nitrogens with zero attached hydrogens (tertiary/aromatic N) is 2. The molecule has 112 valence electrons. The second-order valence-corrected chi connectivity index (χ2v) is 6.14. The standard InChI is InChI=1S/C16H19ClN2O2/c1-3-21-12-8-11(9-12)19-15(10(2)17)18-14-7-5-4-6-13(14)16(19)20/h4-7,10-12H,3,8-9H2,1-2H3. The van der Waals surface area contributed by atoms with Crippen molar-refractivity contribution in [1.82, 2.24) is 9.55 Å². The van der Waals surface area contributed by atoms with Crippen LogP contribution >= 0.6 is 11.6 Å². The molecule has 1 saturated carbocycles. The van der Waals surface area contributed by atoms with Crippen molar-refractivity contribution in [3.05, 3.63) is 40.4 Å². The Balaban J connectivity index is 2.06. The van der Waals surface area contributed by atoms with E-state index in [1.165, 1.54) is 0 Å². The maximum absolute atomic E-state index is 12.8. The minimum atomic E-state index is -0.298. The predicted molar refractivity (Wildman–Crippen MR) is 84.0 cm³/mol. The Bertz CT molecular complexity index is 705. The summed E-state index contributed by atoms with van der Waals surface area (Å²) in [6.07, 6.45) is 1.95. The lowest BCUT2D eigenvalue weighted by molar-refractivity contribution is -0.0213. The molecule has 1 aromatic carbocycles. The number of para-hydroxylation sites is 1. The number of rotatable bonds is 4. The first-order chi connectivity index (χ1) is 10.1. The molecule has 3 rings (SSSR count). The summed E-state index contributed by atoms with van der Waals surface area (Å²) in [6, 6.07) is 7.57. The van der Waals surface area contributed by atoms with Gasteiger partial charge in [-0.25, -0.2) is 4.98 Å². The highest BCUT2D eigenvalue weighted by atomic mass is 35.5. The zero-order valence-corrected chi connectivity index (χ0v) is 13.0. The molecule has 21 heavy (non-hydrogen) atoms. The van der Waals surface area contributed by atoms with E-state index in [-0.39, 0.29) is 23.1 Å². The van der Waals surface area contributed by atoms with E-state index in [2.05, 4.69) is 4.98 Å². The Kier molecular flexibility index (Phi) is 4.00. The van der Waals surface area contributed by atoms with Crippen molar-refractivity contribution >= 4 is 22.5 Å². The van der Waals surface area contributed by atoms with Gasteiger partial charge in [0.25, 0.3) is 5.56 Å². The number of alkyl halides is 1. The van der Waals surface area contributed by atoms with Crippen molar-refractivity contribution in [2.24, 2.45) is 0 Å². The second kappa shape index (κ2) is 5.78. The molecule has 0 aliphatic heterocycles. The first-order valence-corrected chi connectivity index (χ1v) is 7.82. The number of benzene rings is 1. The molecule has 1 fully saturated rings. The van der Waals surface area contributed by atoms with Crippen LogP contribution in [0.15, 0.2) is 29.1 Å². The normalized spacial score (nSPS) is 23.0. The minimum Gasteiger partial charge on any atom is -0.378 e. The molecule has 1 unspecified atom stereocenters. The summed E-state index contributed by atoms with van der Waals surface area (Å²) >= 11 is 6.25. The van der Waals surface area contributed by atoms with Crippen LogP contribution in [0.2, 0.25) is 0 Å². The van der Waals surface area contributed by atoms with Gasteiger partial charge in [0, 0.05) is 12.6 Å². The molecule has 0 saturated heterocycles. The summed E-state index contributed by atoms with van der Waals surface area (Å²) in [6.45, 7) is 4.55. The van der Waals surface area contributed by atoms with E-state index >= 15 is 0 Å². The molecular formula is C16H19ClN2O2. The van der Waals surface area contributed by atoms with E-state index in [9.17, 15) is 4.79 Å². The Morgan fingerprint density at radius 3 is 2.81 bits per heavy atom. The Hall–Kier alpha value is -1.39. The molecule has 1 aliphatic rings. The fourth-order valence-electron chi connectivity index (χ4n) is 2.92. The average Bonchev–Trinajstić information content (AvgIpc) is 2.43. The van der Waals surface area contributed by atoms with E-state index in [0.717, 1.165) is 12.8 Å². The molecule has 0 radical (unpaired) electrons. The number of halogens is 1. The van der Waals surface area contributed by atoms with Gasteiger partial charge >= 0.3 is 0 Å². The monoisotopic (exact) mass is 306 g/mol. The lowest BCUT2D eigenvalue weighted by Gasteiger charge is -2.37. The number of hydrogen-bond donors (Lipinski definition) is 0. The topological polar surface area (TPSA) is 44.1 Å². The van der Waals surface area contributed by atoms with Gasteiger partial charge in [0.1, 0.15) is 5.82 Å². The number of hydrogen-bond acceptors (Lipinski definition) is 3. The first kappa shape index (κ1) is 14.5. The highest BCUT2D eigenvalue weighted by molar-refractivity contribution is 6.20. The summed E-state index contributed by atoms with van der Waals surface area (Å²) in [7, 11) is 0. The van der Waals surface area contributed by atoms with E-state index in [1.807, 2.05) is 38.1 Å². The largest absolute Gasteiger partial charge is 0.378 e. The zero-order valence-electron chi connectivity index (χ0n) is 12.3. The molecule has 4 nitrogen and oxygen atoms in total. The summed E-state index contributed by atoms with van der Waals surface area (Å²) in [5, 5.41) is 0.354. The van der Waals surface area contributed by atoms with Gasteiger partial charge in [-0.2, -0.15) is 0 Å². The van der Waals surface area contributed by atoms with E-state index in [1.54, 1.807) is 4.57 Å². The van der Waals surface area contributed by atoms with Crippen molar-refractivity contribution in [2.45, 2.75) is 44.2 Å². The summed E-state index contributed by atoms with van der Waals surface area (Å²) in [4.78, 5) is 17.4. The minimum absolute atomic E-state index is 0.00282. The third-order valence-electron chi connectivity index (χ3n) is 4.03. The van der Waals surface area contributed by atoms with Gasteiger partial charge in [0.05, 0.1) is 22.4 Å². The molecule has 0 bridgehead atoms. The lowest BCUT2D eigenvalue weighted by Crippen LogP contribution is -2.40. The van der Waals surface area contributed by atoms with E-state index in [0.29, 0.717) is 23.3 Å². The van der Waals surface area contributed by atoms with Crippen LogP contribution in [0.1, 0.15) is 43.9 Å². The van der Waals surface area contributed by atoms with Crippen molar-refractivity contribution in [1.29, 1.82) is 0 Å². The van der Waals surface area contributed by atoms with Crippen LogP contribution in [-0.4, -0.2) is 22.3 Å². The number of aromatic nitrogens is 2. The lowest BCUT2D eigenvalue weighted by atomic mass is 9.88. The Morgan fingerprint density at radius 1 is 1.43 bits per heavy atom. The highest BCUT2D eigenvalue weighted by Gasteiger charge is 2.34. The predicted octanol–water partition coefficient (Wildman–Crippen LogP) is 3.44. The van der Waals surface area contributed by atoms with E-state index in [4.69, 9.17) is 16.3 Å². The SMILES string of the molecule is CCOC1CC(n2c(C(C)Cl)nc3ccccc3c2=O)C1. The van der Waals surface area contributed by atoms with Gasteiger partial charge in [0.15, 0.2) is 0 Å². The van der Waals surface area contributed by atoms with Crippen LogP contribution in [-0.2, 0) is 4.74 Å². The first-order valence-electron chi connectivity index (χ1n) is 7.38. The number of ether oxygens (including phenoxy) is 1. The fourth-order valence-corrected chi connectivity index (χ4v) is 3.07. The van der Waals surface area contributed by atoms with Crippen LogP contribution in [0.3, 0.4) is 0 Å². The van der Waals surface area contributed by atoms with Crippen LogP contribution in [0.4, 0.5) is 0 Å². The Labute approximate surface area is 128 Å². The molecule has 1 aliphatic carbocycles. The van der Waals surface area contributed by atoms with Crippen molar-refractivity contribution in [3.63, 3.8) is 0 Å². The maximum atomic E-state index is 12.8. The summed E-state index contributed by atoms with van der Waals surface area (Å²) in [5.74, 6) is 0.653. The molecule has 1 aromatic heterocycles. The van der Waals surface area contributed by atoms with Crippen LogP contribution in [0.5, 0.6) is 0 Å². The quantitative estimate of drug-likeness (QED) is 0.813.